The number of hydrogen-bond donors (Lipinski definition) is 2. The summed E-state index contributed by atoms with van der Waals surface area (Å²) in [6, 6.07) is 6.67. The summed E-state index contributed by atoms with van der Waals surface area (Å²) >= 11 is 0. The molecule has 0 aliphatic heterocycles. The lowest BCUT2D eigenvalue weighted by molar-refractivity contribution is -0.126. The van der Waals surface area contributed by atoms with Gasteiger partial charge in [0.1, 0.15) is 18.0 Å². The second-order valence-corrected chi connectivity index (χ2v) is 3.14. The second-order valence-electron chi connectivity index (χ2n) is 3.14. The molecule has 86 valence electrons. The lowest BCUT2D eigenvalue weighted by Crippen LogP contribution is -2.26. The van der Waals surface area contributed by atoms with Gasteiger partial charge in [0.25, 0.3) is 0 Å². The highest BCUT2D eigenvalue weighted by Crippen LogP contribution is 2.15. The predicted molar refractivity (Wildman–Crippen MR) is 58.3 cm³/mol. The van der Waals surface area contributed by atoms with Gasteiger partial charge in [-0.25, -0.2) is 0 Å². The molecule has 0 spiro atoms. The SMILES string of the molecule is COc1ccc(NC(=O)C(C=O)CO)cc1. The highest BCUT2D eigenvalue weighted by molar-refractivity contribution is 6.00. The Hall–Kier alpha value is -1.88. The molecular weight excluding hydrogens is 210 g/mol. The number of methoxy groups -OCH3 is 1. The Bertz CT molecular complexity index is 361. The van der Waals surface area contributed by atoms with E-state index < -0.39 is 18.4 Å². The molecule has 0 aliphatic carbocycles. The largest absolute Gasteiger partial charge is 0.497 e. The maximum absolute atomic E-state index is 11.4. The van der Waals surface area contributed by atoms with Crippen LogP contribution >= 0.6 is 0 Å². The number of carbonyl (C=O) groups excluding carboxylic acids is 2. The summed E-state index contributed by atoms with van der Waals surface area (Å²) in [7, 11) is 1.54. The summed E-state index contributed by atoms with van der Waals surface area (Å²) in [6.45, 7) is -0.495. The van der Waals surface area contributed by atoms with E-state index in [0.29, 0.717) is 17.7 Å². The molecule has 0 saturated heterocycles. The van der Waals surface area contributed by atoms with Crippen LogP contribution in [-0.2, 0) is 9.59 Å². The van der Waals surface area contributed by atoms with Gasteiger partial charge in [0, 0.05) is 5.69 Å². The van der Waals surface area contributed by atoms with Crippen molar-refractivity contribution in [2.75, 3.05) is 19.0 Å². The molecular formula is C11H13NO4. The number of anilines is 1. The maximum atomic E-state index is 11.4. The molecule has 0 saturated carbocycles. The van der Waals surface area contributed by atoms with Gasteiger partial charge in [-0.1, -0.05) is 0 Å². The van der Waals surface area contributed by atoms with Gasteiger partial charge in [0.15, 0.2) is 0 Å². The summed E-state index contributed by atoms with van der Waals surface area (Å²) in [5.41, 5.74) is 0.547. The Morgan fingerprint density at radius 2 is 2.12 bits per heavy atom. The first-order valence-electron chi connectivity index (χ1n) is 4.72. The van der Waals surface area contributed by atoms with Crippen LogP contribution in [0.15, 0.2) is 24.3 Å². The average molecular weight is 223 g/mol. The fourth-order valence-electron chi connectivity index (χ4n) is 1.10. The van der Waals surface area contributed by atoms with Gasteiger partial charge in [0.2, 0.25) is 5.91 Å². The fourth-order valence-corrected chi connectivity index (χ4v) is 1.10. The Morgan fingerprint density at radius 1 is 1.50 bits per heavy atom. The van der Waals surface area contributed by atoms with E-state index in [1.165, 1.54) is 0 Å². The van der Waals surface area contributed by atoms with Crippen LogP contribution in [0.3, 0.4) is 0 Å². The van der Waals surface area contributed by atoms with Gasteiger partial charge in [0.05, 0.1) is 13.7 Å². The van der Waals surface area contributed by atoms with E-state index in [1.54, 1.807) is 31.4 Å². The normalized spacial score (nSPS) is 11.6. The van der Waals surface area contributed by atoms with Crippen molar-refractivity contribution in [3.05, 3.63) is 24.3 Å². The third kappa shape index (κ3) is 3.06. The van der Waals surface area contributed by atoms with E-state index in [0.717, 1.165) is 0 Å². The van der Waals surface area contributed by atoms with Gasteiger partial charge in [-0.3, -0.25) is 4.79 Å². The molecule has 16 heavy (non-hydrogen) atoms. The number of hydrogen-bond acceptors (Lipinski definition) is 4. The zero-order valence-electron chi connectivity index (χ0n) is 8.84. The van der Waals surface area contributed by atoms with E-state index in [9.17, 15) is 9.59 Å². The topological polar surface area (TPSA) is 75.6 Å². The molecule has 1 aromatic rings. The Balaban J connectivity index is 2.65. The van der Waals surface area contributed by atoms with Crippen molar-refractivity contribution < 1.29 is 19.4 Å². The smallest absolute Gasteiger partial charge is 0.237 e. The van der Waals surface area contributed by atoms with E-state index in [4.69, 9.17) is 9.84 Å². The quantitative estimate of drug-likeness (QED) is 0.561. The minimum Gasteiger partial charge on any atom is -0.497 e. The van der Waals surface area contributed by atoms with Crippen molar-refractivity contribution in [1.29, 1.82) is 0 Å². The minimum absolute atomic E-state index is 0.416. The van der Waals surface area contributed by atoms with E-state index in [1.807, 2.05) is 0 Å². The molecule has 5 heteroatoms. The molecule has 0 heterocycles. The van der Waals surface area contributed by atoms with Crippen molar-refractivity contribution in [2.24, 2.45) is 5.92 Å². The van der Waals surface area contributed by atoms with Crippen molar-refractivity contribution in [1.82, 2.24) is 0 Å². The summed E-state index contributed by atoms with van der Waals surface area (Å²) in [5, 5.41) is 11.3. The molecule has 0 aliphatic rings. The zero-order valence-corrected chi connectivity index (χ0v) is 8.84. The van der Waals surface area contributed by atoms with Gasteiger partial charge in [-0.05, 0) is 24.3 Å². The monoisotopic (exact) mass is 223 g/mol. The first kappa shape index (κ1) is 12.2. The van der Waals surface area contributed by atoms with Gasteiger partial charge < -0.3 is 20.0 Å². The molecule has 2 N–H and O–H groups in total. The average Bonchev–Trinajstić information content (AvgIpc) is 2.31. The number of rotatable bonds is 5. The third-order valence-corrected chi connectivity index (χ3v) is 2.06. The van der Waals surface area contributed by atoms with Gasteiger partial charge in [-0.15, -0.1) is 0 Å². The van der Waals surface area contributed by atoms with Crippen molar-refractivity contribution in [3.63, 3.8) is 0 Å². The molecule has 0 aromatic heterocycles. The number of carbonyl (C=O) groups is 2. The van der Waals surface area contributed by atoms with Crippen LogP contribution in [0.5, 0.6) is 5.75 Å². The van der Waals surface area contributed by atoms with Gasteiger partial charge >= 0.3 is 0 Å². The summed E-state index contributed by atoms with van der Waals surface area (Å²) in [4.78, 5) is 21.8. The lowest BCUT2D eigenvalue weighted by Gasteiger charge is -2.08. The number of ether oxygens (including phenoxy) is 1. The van der Waals surface area contributed by atoms with Crippen LogP contribution in [-0.4, -0.2) is 31.0 Å². The van der Waals surface area contributed by atoms with Crippen LogP contribution in [0.4, 0.5) is 5.69 Å². The first-order valence-corrected chi connectivity index (χ1v) is 4.72. The van der Waals surface area contributed by atoms with E-state index in [2.05, 4.69) is 5.32 Å². The van der Waals surface area contributed by atoms with E-state index >= 15 is 0 Å². The Labute approximate surface area is 93.0 Å². The molecule has 1 atom stereocenters. The van der Waals surface area contributed by atoms with Crippen LogP contribution in [0, 0.1) is 5.92 Å². The van der Waals surface area contributed by atoms with Crippen molar-refractivity contribution >= 4 is 17.9 Å². The zero-order chi connectivity index (χ0) is 12.0. The number of aldehydes is 1. The molecule has 1 aromatic carbocycles. The summed E-state index contributed by atoms with van der Waals surface area (Å²) in [6.07, 6.45) is 0.416. The van der Waals surface area contributed by atoms with Crippen LogP contribution in [0.25, 0.3) is 0 Å². The first-order chi connectivity index (χ1) is 7.71. The highest BCUT2D eigenvalue weighted by atomic mass is 16.5. The predicted octanol–water partition coefficient (Wildman–Crippen LogP) is 0.441. The molecule has 1 rings (SSSR count). The summed E-state index contributed by atoms with van der Waals surface area (Å²) in [5.74, 6) is -0.878. The standard InChI is InChI=1S/C11H13NO4/c1-16-10-4-2-9(3-5-10)12-11(15)8(6-13)7-14/h2-6,8,14H,7H2,1H3,(H,12,15). The minimum atomic E-state index is -1.03. The Kier molecular flexibility index (Phi) is 4.47. The molecule has 0 bridgehead atoms. The molecule has 1 amide bonds. The number of amides is 1. The summed E-state index contributed by atoms with van der Waals surface area (Å²) < 4.78 is 4.96. The van der Waals surface area contributed by atoms with Crippen molar-refractivity contribution in [2.45, 2.75) is 0 Å². The number of benzene rings is 1. The molecule has 5 nitrogen and oxygen atoms in total. The molecule has 0 radical (unpaired) electrons. The van der Waals surface area contributed by atoms with Crippen LogP contribution in [0.1, 0.15) is 0 Å². The number of nitrogens with one attached hydrogen (secondary N) is 1. The van der Waals surface area contributed by atoms with Crippen molar-refractivity contribution in [3.8, 4) is 5.75 Å². The van der Waals surface area contributed by atoms with E-state index in [-0.39, 0.29) is 0 Å². The maximum Gasteiger partial charge on any atom is 0.237 e. The number of aliphatic hydroxyl groups is 1. The Morgan fingerprint density at radius 3 is 2.56 bits per heavy atom. The van der Waals surface area contributed by atoms with Crippen LogP contribution in [0.2, 0.25) is 0 Å². The lowest BCUT2D eigenvalue weighted by atomic mass is 10.1. The molecule has 1 unspecified atom stereocenters. The second kappa shape index (κ2) is 5.87. The van der Waals surface area contributed by atoms with Crippen LogP contribution < -0.4 is 10.1 Å². The fraction of sp³-hybridized carbons (Fsp3) is 0.273. The molecule has 0 fully saturated rings. The highest BCUT2D eigenvalue weighted by Gasteiger charge is 2.16. The number of aliphatic hydroxyl groups excluding tert-OH is 1. The van der Waals surface area contributed by atoms with Gasteiger partial charge in [-0.2, -0.15) is 0 Å². The third-order valence-electron chi connectivity index (χ3n) is 2.06.